The fourth-order valence-electron chi connectivity index (χ4n) is 1.55. The van der Waals surface area contributed by atoms with Crippen LogP contribution < -0.4 is 5.32 Å². The van der Waals surface area contributed by atoms with Gasteiger partial charge in [0.1, 0.15) is 11.5 Å². The van der Waals surface area contributed by atoms with E-state index in [-0.39, 0.29) is 17.0 Å². The number of carbonyl (C=O) groups excluding carboxylic acids is 3. The van der Waals surface area contributed by atoms with Gasteiger partial charge in [-0.05, 0) is 6.42 Å². The summed E-state index contributed by atoms with van der Waals surface area (Å²) in [7, 11) is 0. The molecule has 0 aromatic carbocycles. The summed E-state index contributed by atoms with van der Waals surface area (Å²) in [6, 6.07) is 0. The minimum atomic E-state index is -0.577. The van der Waals surface area contributed by atoms with E-state index in [1.165, 1.54) is 0 Å². The van der Waals surface area contributed by atoms with Crippen molar-refractivity contribution in [2.75, 3.05) is 0 Å². The van der Waals surface area contributed by atoms with Crippen LogP contribution in [0.5, 0.6) is 0 Å². The Morgan fingerprint density at radius 3 is 2.53 bits per heavy atom. The summed E-state index contributed by atoms with van der Waals surface area (Å²) in [5, 5.41) is 2.12. The number of unbranched alkanes of at least 4 members (excludes halogenated alkanes) is 2. The van der Waals surface area contributed by atoms with E-state index in [9.17, 15) is 14.4 Å². The van der Waals surface area contributed by atoms with Gasteiger partial charge in [0.25, 0.3) is 5.91 Å². The van der Waals surface area contributed by atoms with Crippen LogP contribution in [-0.4, -0.2) is 23.2 Å². The van der Waals surface area contributed by atoms with Crippen molar-refractivity contribution in [3.8, 4) is 0 Å². The predicted octanol–water partition coefficient (Wildman–Crippen LogP) is -0.227. The molecule has 0 aliphatic carbocycles. The lowest BCUT2D eigenvalue weighted by molar-refractivity contribution is -0.125. The molecule has 1 saturated heterocycles. The van der Waals surface area contributed by atoms with Crippen LogP contribution in [0.4, 0.5) is 0 Å². The van der Waals surface area contributed by atoms with Crippen LogP contribution in [-0.2, 0) is 14.4 Å². The largest absolute Gasteiger partial charge is 0.412 e. The van der Waals surface area contributed by atoms with E-state index < -0.39 is 11.8 Å². The molecule has 0 aromatic rings. The summed E-state index contributed by atoms with van der Waals surface area (Å²) in [5.74, 6) is 0.0572. The van der Waals surface area contributed by atoms with Crippen molar-refractivity contribution < 1.29 is 19.9 Å². The third-order valence-electron chi connectivity index (χ3n) is 2.35. The highest BCUT2D eigenvalue weighted by Crippen LogP contribution is 2.21. The monoisotopic (exact) mass is 213 g/mol. The molecule has 0 spiro atoms. The van der Waals surface area contributed by atoms with Crippen molar-refractivity contribution in [2.45, 2.75) is 32.6 Å². The first-order valence-electron chi connectivity index (χ1n) is 4.81. The lowest BCUT2D eigenvalue weighted by atomic mass is 9.96. The third-order valence-corrected chi connectivity index (χ3v) is 2.35. The summed E-state index contributed by atoms with van der Waals surface area (Å²) < 4.78 is 0. The zero-order chi connectivity index (χ0) is 10.6. The summed E-state index contributed by atoms with van der Waals surface area (Å²) in [4.78, 5) is 32.7. The van der Waals surface area contributed by atoms with Crippen LogP contribution in [0.15, 0.2) is 5.57 Å². The summed E-state index contributed by atoms with van der Waals surface area (Å²) in [5.41, 5.74) is -0.0360. The summed E-state index contributed by atoms with van der Waals surface area (Å²) >= 11 is 0. The SMILES string of the molecule is CCCCCC1C(=O)NC(=O)C1=C=O.O. The molecule has 3 N–H and O–H groups in total. The Bertz CT molecular complexity index is 305. The van der Waals surface area contributed by atoms with Gasteiger partial charge in [0, 0.05) is 0 Å². The number of hydrogen-bond donors (Lipinski definition) is 1. The number of carbonyl (C=O) groups is 2. The molecule has 1 aliphatic heterocycles. The zero-order valence-electron chi connectivity index (χ0n) is 8.63. The van der Waals surface area contributed by atoms with Gasteiger partial charge in [-0.25, -0.2) is 4.79 Å². The molecule has 2 amide bonds. The van der Waals surface area contributed by atoms with Crippen molar-refractivity contribution in [1.82, 2.24) is 5.32 Å². The molecule has 1 atom stereocenters. The molecule has 1 unspecified atom stereocenters. The van der Waals surface area contributed by atoms with Gasteiger partial charge in [-0.15, -0.1) is 0 Å². The van der Waals surface area contributed by atoms with Crippen LogP contribution >= 0.6 is 0 Å². The maximum absolute atomic E-state index is 11.2. The normalized spacial score (nSPS) is 19.5. The van der Waals surface area contributed by atoms with Crippen molar-refractivity contribution in [3.05, 3.63) is 5.57 Å². The van der Waals surface area contributed by atoms with E-state index in [0.29, 0.717) is 6.42 Å². The quantitative estimate of drug-likeness (QED) is 0.302. The fourth-order valence-corrected chi connectivity index (χ4v) is 1.55. The van der Waals surface area contributed by atoms with E-state index in [4.69, 9.17) is 0 Å². The van der Waals surface area contributed by atoms with Gasteiger partial charge in [-0.2, -0.15) is 0 Å². The fraction of sp³-hybridized carbons (Fsp3) is 0.600. The second-order valence-corrected chi connectivity index (χ2v) is 3.38. The van der Waals surface area contributed by atoms with Crippen LogP contribution in [0.1, 0.15) is 32.6 Å². The predicted molar refractivity (Wildman–Crippen MR) is 53.6 cm³/mol. The van der Waals surface area contributed by atoms with Gasteiger partial charge >= 0.3 is 0 Å². The number of amides is 2. The van der Waals surface area contributed by atoms with Gasteiger partial charge in [0.2, 0.25) is 5.91 Å². The molecule has 84 valence electrons. The Hall–Kier alpha value is -1.45. The highest BCUT2D eigenvalue weighted by atomic mass is 16.2. The first-order valence-corrected chi connectivity index (χ1v) is 4.81. The molecule has 0 bridgehead atoms. The van der Waals surface area contributed by atoms with Gasteiger partial charge in [0.15, 0.2) is 0 Å². The highest BCUT2D eigenvalue weighted by molar-refractivity contribution is 6.18. The zero-order valence-corrected chi connectivity index (χ0v) is 8.63. The summed E-state index contributed by atoms with van der Waals surface area (Å²) in [6.45, 7) is 2.05. The van der Waals surface area contributed by atoms with Gasteiger partial charge in [-0.1, -0.05) is 26.2 Å². The Morgan fingerprint density at radius 2 is 2.00 bits per heavy atom. The smallest absolute Gasteiger partial charge is 0.265 e. The van der Waals surface area contributed by atoms with Crippen LogP contribution in [0.3, 0.4) is 0 Å². The third kappa shape index (κ3) is 3.01. The van der Waals surface area contributed by atoms with Crippen molar-refractivity contribution in [3.63, 3.8) is 0 Å². The van der Waals surface area contributed by atoms with E-state index in [1.807, 2.05) is 0 Å². The van der Waals surface area contributed by atoms with Gasteiger partial charge < -0.3 is 5.48 Å². The molecule has 0 aromatic heterocycles. The molecule has 0 saturated carbocycles. The number of rotatable bonds is 4. The van der Waals surface area contributed by atoms with E-state index in [1.54, 1.807) is 5.94 Å². The molecule has 1 fully saturated rings. The molecular formula is C10H15NO4. The van der Waals surface area contributed by atoms with Crippen LogP contribution in [0.25, 0.3) is 0 Å². The van der Waals surface area contributed by atoms with Crippen molar-refractivity contribution >= 4 is 17.8 Å². The lowest BCUT2D eigenvalue weighted by Crippen LogP contribution is -2.22. The lowest BCUT2D eigenvalue weighted by Gasteiger charge is -2.03. The second kappa shape index (κ2) is 6.11. The van der Waals surface area contributed by atoms with E-state index in [2.05, 4.69) is 12.2 Å². The molecule has 15 heavy (non-hydrogen) atoms. The molecule has 1 aliphatic rings. The highest BCUT2D eigenvalue weighted by Gasteiger charge is 2.36. The Kier molecular flexibility index (Phi) is 5.52. The first-order chi connectivity index (χ1) is 6.70. The number of imide groups is 1. The minimum Gasteiger partial charge on any atom is -0.412 e. The van der Waals surface area contributed by atoms with E-state index in [0.717, 1.165) is 19.3 Å². The molecule has 5 nitrogen and oxygen atoms in total. The maximum atomic E-state index is 11.2. The van der Waals surface area contributed by atoms with Crippen molar-refractivity contribution in [1.29, 1.82) is 0 Å². The van der Waals surface area contributed by atoms with Crippen molar-refractivity contribution in [2.24, 2.45) is 5.92 Å². The Balaban J connectivity index is 0.00000196. The van der Waals surface area contributed by atoms with E-state index >= 15 is 0 Å². The molecule has 1 heterocycles. The molecular weight excluding hydrogens is 198 g/mol. The standard InChI is InChI=1S/C10H13NO3.H2O/c1-2-3-4-5-7-8(6-12)10(14)11-9(7)13;/h7H,2-5H2,1H3,(H,11,13,14);1H2. The second-order valence-electron chi connectivity index (χ2n) is 3.38. The first kappa shape index (κ1) is 13.5. The van der Waals surface area contributed by atoms with Crippen LogP contribution in [0.2, 0.25) is 0 Å². The average Bonchev–Trinajstić information content (AvgIpc) is 2.42. The number of hydrogen-bond acceptors (Lipinski definition) is 3. The Morgan fingerprint density at radius 1 is 1.33 bits per heavy atom. The van der Waals surface area contributed by atoms with Crippen LogP contribution in [0, 0.1) is 5.92 Å². The van der Waals surface area contributed by atoms with Gasteiger partial charge in [0.05, 0.1) is 5.92 Å². The minimum absolute atomic E-state index is 0. The molecule has 0 radical (unpaired) electrons. The Labute approximate surface area is 87.8 Å². The molecule has 1 rings (SSSR count). The van der Waals surface area contributed by atoms with Gasteiger partial charge in [-0.3, -0.25) is 14.9 Å². The average molecular weight is 213 g/mol. The number of nitrogens with one attached hydrogen (secondary N) is 1. The maximum Gasteiger partial charge on any atom is 0.265 e. The molecule has 5 heteroatoms. The summed E-state index contributed by atoms with van der Waals surface area (Å²) in [6.07, 6.45) is 3.47. The topological polar surface area (TPSA) is 94.7 Å².